The van der Waals surface area contributed by atoms with Crippen LogP contribution in [0.1, 0.15) is 20.8 Å². The smallest absolute Gasteiger partial charge is 0.318 e. The van der Waals surface area contributed by atoms with E-state index in [0.29, 0.717) is 5.69 Å². The first-order valence-corrected chi connectivity index (χ1v) is 6.18. The van der Waals surface area contributed by atoms with Crippen LogP contribution in [0.15, 0.2) is 24.3 Å². The van der Waals surface area contributed by atoms with Crippen LogP contribution >= 0.6 is 0 Å². The lowest BCUT2D eigenvalue weighted by Gasteiger charge is -2.18. The van der Waals surface area contributed by atoms with Crippen molar-refractivity contribution in [2.75, 3.05) is 11.9 Å². The van der Waals surface area contributed by atoms with Crippen molar-refractivity contribution in [2.45, 2.75) is 20.8 Å². The van der Waals surface area contributed by atoms with Gasteiger partial charge >= 0.3 is 5.97 Å². The Morgan fingerprint density at radius 2 is 2.05 bits per heavy atom. The SMILES string of the molecule is CCOC(=O)C(C(=O)Nc1cccc(F)c1)C(C)C. The molecule has 1 amide bonds. The third kappa shape index (κ3) is 4.35. The van der Waals surface area contributed by atoms with Crippen LogP contribution in [0.3, 0.4) is 0 Å². The molecule has 19 heavy (non-hydrogen) atoms. The van der Waals surface area contributed by atoms with Crippen molar-refractivity contribution in [3.05, 3.63) is 30.1 Å². The van der Waals surface area contributed by atoms with Crippen molar-refractivity contribution >= 4 is 17.6 Å². The van der Waals surface area contributed by atoms with Crippen LogP contribution in [0.2, 0.25) is 0 Å². The fraction of sp³-hybridized carbons (Fsp3) is 0.429. The van der Waals surface area contributed by atoms with Gasteiger partial charge in [0.05, 0.1) is 6.61 Å². The van der Waals surface area contributed by atoms with Gasteiger partial charge in [0, 0.05) is 5.69 Å². The number of halogens is 1. The molecule has 0 bridgehead atoms. The Kier molecular flexibility index (Phi) is 5.48. The molecule has 0 radical (unpaired) electrons. The van der Waals surface area contributed by atoms with Crippen LogP contribution < -0.4 is 5.32 Å². The highest BCUT2D eigenvalue weighted by atomic mass is 19.1. The number of hydrogen-bond acceptors (Lipinski definition) is 3. The Morgan fingerprint density at radius 3 is 2.58 bits per heavy atom. The first kappa shape index (κ1) is 15.1. The topological polar surface area (TPSA) is 55.4 Å². The standard InChI is InChI=1S/C14H18FNO3/c1-4-19-14(18)12(9(2)3)13(17)16-11-7-5-6-10(15)8-11/h5-9,12H,4H2,1-3H3,(H,16,17). The lowest BCUT2D eigenvalue weighted by atomic mass is 9.95. The summed E-state index contributed by atoms with van der Waals surface area (Å²) in [4.78, 5) is 23.8. The number of esters is 1. The van der Waals surface area contributed by atoms with Gasteiger partial charge in [0.15, 0.2) is 0 Å². The molecule has 0 saturated heterocycles. The number of carbonyl (C=O) groups is 2. The lowest BCUT2D eigenvalue weighted by molar-refractivity contribution is -0.152. The molecule has 1 N–H and O–H groups in total. The van der Waals surface area contributed by atoms with Gasteiger partial charge in [-0.05, 0) is 31.0 Å². The normalized spacial score (nSPS) is 12.1. The number of ether oxygens (including phenoxy) is 1. The molecule has 1 atom stereocenters. The molecule has 0 aliphatic rings. The Bertz CT molecular complexity index is 460. The average molecular weight is 267 g/mol. The minimum absolute atomic E-state index is 0.201. The Balaban J connectivity index is 2.80. The number of nitrogens with one attached hydrogen (secondary N) is 1. The maximum atomic E-state index is 13.0. The molecule has 5 heteroatoms. The van der Waals surface area contributed by atoms with Crippen LogP contribution in [0.5, 0.6) is 0 Å². The van der Waals surface area contributed by atoms with E-state index in [-0.39, 0.29) is 12.5 Å². The van der Waals surface area contributed by atoms with Crippen LogP contribution in [-0.2, 0) is 14.3 Å². The van der Waals surface area contributed by atoms with Crippen LogP contribution in [0.25, 0.3) is 0 Å². The summed E-state index contributed by atoms with van der Waals surface area (Å²) in [6.45, 7) is 5.41. The van der Waals surface area contributed by atoms with E-state index in [2.05, 4.69) is 5.32 Å². The van der Waals surface area contributed by atoms with E-state index < -0.39 is 23.6 Å². The van der Waals surface area contributed by atoms with Crippen LogP contribution in [0, 0.1) is 17.7 Å². The van der Waals surface area contributed by atoms with Gasteiger partial charge in [-0.25, -0.2) is 4.39 Å². The van der Waals surface area contributed by atoms with Crippen molar-refractivity contribution in [2.24, 2.45) is 11.8 Å². The monoisotopic (exact) mass is 267 g/mol. The summed E-state index contributed by atoms with van der Waals surface area (Å²) in [5, 5.41) is 2.52. The Labute approximate surface area is 112 Å². The molecule has 104 valence electrons. The zero-order valence-electron chi connectivity index (χ0n) is 11.3. The number of benzene rings is 1. The van der Waals surface area contributed by atoms with Gasteiger partial charge in [0.25, 0.3) is 0 Å². The molecule has 0 heterocycles. The maximum Gasteiger partial charge on any atom is 0.318 e. The molecule has 1 aromatic rings. The van der Waals surface area contributed by atoms with Gasteiger partial charge in [0.2, 0.25) is 5.91 Å². The number of carbonyl (C=O) groups excluding carboxylic acids is 2. The number of amides is 1. The second-order valence-corrected chi connectivity index (χ2v) is 4.47. The number of hydrogen-bond donors (Lipinski definition) is 1. The van der Waals surface area contributed by atoms with Crippen LogP contribution in [0.4, 0.5) is 10.1 Å². The number of rotatable bonds is 5. The molecule has 1 rings (SSSR count). The van der Waals surface area contributed by atoms with Crippen molar-refractivity contribution < 1.29 is 18.7 Å². The molecule has 4 nitrogen and oxygen atoms in total. The van der Waals surface area contributed by atoms with E-state index in [1.807, 2.05) is 0 Å². The summed E-state index contributed by atoms with van der Waals surface area (Å²) >= 11 is 0. The van der Waals surface area contributed by atoms with Gasteiger partial charge in [-0.2, -0.15) is 0 Å². The minimum atomic E-state index is -0.900. The predicted molar refractivity (Wildman–Crippen MR) is 70.0 cm³/mol. The highest BCUT2D eigenvalue weighted by Gasteiger charge is 2.31. The molecule has 0 aromatic heterocycles. The Morgan fingerprint density at radius 1 is 1.37 bits per heavy atom. The van der Waals surface area contributed by atoms with Gasteiger partial charge in [-0.3, -0.25) is 9.59 Å². The minimum Gasteiger partial charge on any atom is -0.465 e. The summed E-state index contributed by atoms with van der Waals surface area (Å²) in [6, 6.07) is 5.52. The predicted octanol–water partition coefficient (Wildman–Crippen LogP) is 2.60. The summed E-state index contributed by atoms with van der Waals surface area (Å²) < 4.78 is 17.9. The highest BCUT2D eigenvalue weighted by Crippen LogP contribution is 2.17. The van der Waals surface area contributed by atoms with E-state index >= 15 is 0 Å². The molecule has 1 aromatic carbocycles. The first-order valence-electron chi connectivity index (χ1n) is 6.18. The van der Waals surface area contributed by atoms with E-state index in [1.165, 1.54) is 18.2 Å². The lowest BCUT2D eigenvalue weighted by Crippen LogP contribution is -2.35. The summed E-state index contributed by atoms with van der Waals surface area (Å²) in [5.41, 5.74) is 0.319. The van der Waals surface area contributed by atoms with Gasteiger partial charge in [0.1, 0.15) is 11.7 Å². The molecule has 1 unspecified atom stereocenters. The average Bonchev–Trinajstić information content (AvgIpc) is 2.28. The molecule has 0 spiro atoms. The quantitative estimate of drug-likeness (QED) is 0.659. The zero-order valence-corrected chi connectivity index (χ0v) is 11.3. The summed E-state index contributed by atoms with van der Waals surface area (Å²) in [7, 11) is 0. The van der Waals surface area contributed by atoms with E-state index in [4.69, 9.17) is 4.74 Å². The second kappa shape index (κ2) is 6.87. The third-order valence-electron chi connectivity index (χ3n) is 2.58. The van der Waals surface area contributed by atoms with Crippen molar-refractivity contribution in [1.29, 1.82) is 0 Å². The molecule has 0 aliphatic heterocycles. The number of anilines is 1. The van der Waals surface area contributed by atoms with Crippen molar-refractivity contribution in [3.63, 3.8) is 0 Å². The third-order valence-corrected chi connectivity index (χ3v) is 2.58. The van der Waals surface area contributed by atoms with Gasteiger partial charge in [-0.1, -0.05) is 19.9 Å². The van der Waals surface area contributed by atoms with E-state index in [9.17, 15) is 14.0 Å². The zero-order chi connectivity index (χ0) is 14.4. The van der Waals surface area contributed by atoms with Crippen LogP contribution in [-0.4, -0.2) is 18.5 Å². The highest BCUT2D eigenvalue weighted by molar-refractivity contribution is 6.04. The van der Waals surface area contributed by atoms with Gasteiger partial charge in [-0.15, -0.1) is 0 Å². The molecular formula is C14H18FNO3. The molecule has 0 fully saturated rings. The van der Waals surface area contributed by atoms with E-state index in [0.717, 1.165) is 0 Å². The second-order valence-electron chi connectivity index (χ2n) is 4.47. The fourth-order valence-corrected chi connectivity index (χ4v) is 1.70. The molecule has 0 aliphatic carbocycles. The summed E-state index contributed by atoms with van der Waals surface area (Å²) in [5.74, 6) is -2.60. The van der Waals surface area contributed by atoms with Crippen molar-refractivity contribution in [1.82, 2.24) is 0 Å². The fourth-order valence-electron chi connectivity index (χ4n) is 1.70. The Hall–Kier alpha value is -1.91. The molecule has 0 saturated carbocycles. The maximum absolute atomic E-state index is 13.0. The molecular weight excluding hydrogens is 249 g/mol. The van der Waals surface area contributed by atoms with Gasteiger partial charge < -0.3 is 10.1 Å². The van der Waals surface area contributed by atoms with E-state index in [1.54, 1.807) is 26.8 Å². The summed E-state index contributed by atoms with van der Waals surface area (Å²) in [6.07, 6.45) is 0. The largest absolute Gasteiger partial charge is 0.465 e. The first-order chi connectivity index (χ1) is 8.95. The van der Waals surface area contributed by atoms with Crippen molar-refractivity contribution in [3.8, 4) is 0 Å².